The number of aliphatic carboxylic acids is 1. The Morgan fingerprint density at radius 2 is 2.23 bits per heavy atom. The largest absolute Gasteiger partial charge is 0.480 e. The van der Waals surface area contributed by atoms with Gasteiger partial charge < -0.3 is 9.67 Å². The fraction of sp³-hybridized carbons (Fsp3) is 0.167. The van der Waals surface area contributed by atoms with Crippen LogP contribution >= 0.6 is 0 Å². The Kier molecular flexibility index (Phi) is 2.39. The van der Waals surface area contributed by atoms with Gasteiger partial charge in [-0.3, -0.25) is 4.79 Å². The molecule has 1 aromatic rings. The Bertz CT molecular complexity index is 420. The summed E-state index contributed by atoms with van der Waals surface area (Å²) in [5, 5.41) is 13.2. The van der Waals surface area contributed by atoms with Crippen LogP contribution in [0.3, 0.4) is 0 Å². The second-order valence-electron chi connectivity index (χ2n) is 2.46. The van der Waals surface area contributed by atoms with E-state index in [0.717, 1.165) is 0 Å². The highest BCUT2D eigenvalue weighted by Crippen LogP contribution is 2.06. The first-order valence-corrected chi connectivity index (χ1v) is 4.84. The number of hydrogen-bond donors (Lipinski definition) is 2. The summed E-state index contributed by atoms with van der Waals surface area (Å²) in [6, 6.07) is 1.25. The standard InChI is InChI=1S/C6H8N2O4S/c7-13(11,12)5-1-2-8(3-5)4-6(9)10/h1-3H,4H2,(H,9,10)(H2,7,11,12). The smallest absolute Gasteiger partial charge is 0.323 e. The molecule has 7 heteroatoms. The van der Waals surface area contributed by atoms with Gasteiger partial charge in [-0.05, 0) is 6.07 Å². The van der Waals surface area contributed by atoms with Crippen molar-refractivity contribution >= 4 is 16.0 Å². The quantitative estimate of drug-likeness (QED) is 0.674. The molecule has 0 unspecified atom stereocenters. The van der Waals surface area contributed by atoms with Gasteiger partial charge in [0.2, 0.25) is 10.0 Å². The van der Waals surface area contributed by atoms with Crippen molar-refractivity contribution in [2.24, 2.45) is 5.14 Å². The van der Waals surface area contributed by atoms with Gasteiger partial charge in [0.15, 0.2) is 0 Å². The van der Waals surface area contributed by atoms with Crippen LogP contribution in [-0.2, 0) is 21.4 Å². The van der Waals surface area contributed by atoms with Gasteiger partial charge in [0.25, 0.3) is 0 Å². The molecule has 0 atom stereocenters. The van der Waals surface area contributed by atoms with Crippen LogP contribution < -0.4 is 5.14 Å². The van der Waals surface area contributed by atoms with Crippen LogP contribution in [0, 0.1) is 0 Å². The predicted molar refractivity (Wildman–Crippen MR) is 43.4 cm³/mol. The average Bonchev–Trinajstić information content (AvgIpc) is 2.32. The molecule has 1 aromatic heterocycles. The molecular weight excluding hydrogens is 196 g/mol. The molecule has 0 aliphatic rings. The highest BCUT2D eigenvalue weighted by atomic mass is 32.2. The van der Waals surface area contributed by atoms with Crippen LogP contribution in [0.4, 0.5) is 0 Å². The first-order valence-electron chi connectivity index (χ1n) is 3.30. The van der Waals surface area contributed by atoms with Crippen LogP contribution in [-0.4, -0.2) is 24.1 Å². The molecule has 0 aliphatic heterocycles. The van der Waals surface area contributed by atoms with E-state index in [4.69, 9.17) is 10.2 Å². The number of nitrogens with zero attached hydrogens (tertiary/aromatic N) is 1. The van der Waals surface area contributed by atoms with E-state index in [9.17, 15) is 13.2 Å². The number of carboxylic acids is 1. The zero-order valence-corrected chi connectivity index (χ0v) is 7.36. The van der Waals surface area contributed by atoms with Crippen molar-refractivity contribution in [1.29, 1.82) is 0 Å². The van der Waals surface area contributed by atoms with E-state index in [1.165, 1.54) is 23.0 Å². The van der Waals surface area contributed by atoms with Gasteiger partial charge in [-0.2, -0.15) is 0 Å². The zero-order chi connectivity index (χ0) is 10.1. The first-order chi connectivity index (χ1) is 5.89. The number of hydrogen-bond acceptors (Lipinski definition) is 3. The lowest BCUT2D eigenvalue weighted by atomic mass is 10.6. The summed E-state index contributed by atoms with van der Waals surface area (Å²) in [4.78, 5) is 10.1. The second-order valence-corrected chi connectivity index (χ2v) is 4.02. The molecule has 6 nitrogen and oxygen atoms in total. The van der Waals surface area contributed by atoms with Crippen LogP contribution in [0.2, 0.25) is 0 Å². The molecule has 72 valence electrons. The molecule has 0 saturated heterocycles. The van der Waals surface area contributed by atoms with Crippen molar-refractivity contribution in [3.63, 3.8) is 0 Å². The lowest BCUT2D eigenvalue weighted by Gasteiger charge is -1.95. The lowest BCUT2D eigenvalue weighted by molar-refractivity contribution is -0.137. The first kappa shape index (κ1) is 9.75. The molecule has 0 fully saturated rings. The summed E-state index contributed by atoms with van der Waals surface area (Å²) in [6.07, 6.45) is 2.51. The van der Waals surface area contributed by atoms with Crippen LogP contribution in [0.25, 0.3) is 0 Å². The fourth-order valence-electron chi connectivity index (χ4n) is 0.842. The van der Waals surface area contributed by atoms with E-state index in [-0.39, 0.29) is 11.4 Å². The third kappa shape index (κ3) is 2.56. The molecule has 0 aromatic carbocycles. The molecule has 1 heterocycles. The summed E-state index contributed by atoms with van der Waals surface area (Å²) in [5.41, 5.74) is 0. The summed E-state index contributed by atoms with van der Waals surface area (Å²) in [7, 11) is -3.73. The lowest BCUT2D eigenvalue weighted by Crippen LogP contribution is -2.12. The van der Waals surface area contributed by atoms with Crippen LogP contribution in [0.5, 0.6) is 0 Å². The monoisotopic (exact) mass is 204 g/mol. The number of primary sulfonamides is 1. The van der Waals surface area contributed by atoms with Crippen LogP contribution in [0.1, 0.15) is 0 Å². The predicted octanol–water partition coefficient (Wildman–Crippen LogP) is -0.780. The molecular formula is C6H8N2O4S. The Hall–Kier alpha value is -1.34. The van der Waals surface area contributed by atoms with E-state index < -0.39 is 16.0 Å². The summed E-state index contributed by atoms with van der Waals surface area (Å²) < 4.78 is 22.7. The molecule has 0 bridgehead atoms. The number of nitrogens with two attached hydrogens (primary N) is 1. The van der Waals surface area contributed by atoms with Crippen molar-refractivity contribution in [3.05, 3.63) is 18.5 Å². The van der Waals surface area contributed by atoms with Crippen molar-refractivity contribution in [2.75, 3.05) is 0 Å². The Labute approximate surface area is 74.6 Å². The number of rotatable bonds is 3. The average molecular weight is 204 g/mol. The van der Waals surface area contributed by atoms with E-state index in [2.05, 4.69) is 0 Å². The van der Waals surface area contributed by atoms with Gasteiger partial charge in [-0.1, -0.05) is 0 Å². The van der Waals surface area contributed by atoms with E-state index in [0.29, 0.717) is 0 Å². The molecule has 0 spiro atoms. The fourth-order valence-corrected chi connectivity index (χ4v) is 1.37. The molecule has 1 rings (SSSR count). The van der Waals surface area contributed by atoms with Crippen molar-refractivity contribution in [1.82, 2.24) is 4.57 Å². The third-order valence-corrected chi connectivity index (χ3v) is 2.27. The van der Waals surface area contributed by atoms with E-state index in [1.807, 2.05) is 0 Å². The molecule has 0 amide bonds. The van der Waals surface area contributed by atoms with E-state index >= 15 is 0 Å². The maximum atomic E-state index is 10.7. The van der Waals surface area contributed by atoms with Crippen LogP contribution in [0.15, 0.2) is 23.4 Å². The Morgan fingerprint density at radius 1 is 1.62 bits per heavy atom. The molecule has 13 heavy (non-hydrogen) atoms. The van der Waals surface area contributed by atoms with Crippen molar-refractivity contribution in [3.8, 4) is 0 Å². The normalized spacial score (nSPS) is 11.5. The molecule has 0 aliphatic carbocycles. The molecule has 0 saturated carbocycles. The SMILES string of the molecule is NS(=O)(=O)c1ccn(CC(=O)O)c1. The maximum Gasteiger partial charge on any atom is 0.323 e. The van der Waals surface area contributed by atoms with Crippen molar-refractivity contribution < 1.29 is 18.3 Å². The summed E-state index contributed by atoms with van der Waals surface area (Å²) in [5.74, 6) is -1.04. The topological polar surface area (TPSA) is 102 Å². The highest BCUT2D eigenvalue weighted by Gasteiger charge is 2.09. The van der Waals surface area contributed by atoms with Gasteiger partial charge in [0.1, 0.15) is 6.54 Å². The van der Waals surface area contributed by atoms with Crippen molar-refractivity contribution in [2.45, 2.75) is 11.4 Å². The number of carbonyl (C=O) groups is 1. The number of aromatic nitrogens is 1. The summed E-state index contributed by atoms with van der Waals surface area (Å²) >= 11 is 0. The molecule has 0 radical (unpaired) electrons. The number of carboxylic acid groups (broad SMARTS) is 1. The van der Waals surface area contributed by atoms with Gasteiger partial charge >= 0.3 is 5.97 Å². The Morgan fingerprint density at radius 3 is 2.62 bits per heavy atom. The van der Waals surface area contributed by atoms with Gasteiger partial charge in [0.05, 0.1) is 4.90 Å². The minimum Gasteiger partial charge on any atom is -0.480 e. The summed E-state index contributed by atoms with van der Waals surface area (Å²) in [6.45, 7) is -0.282. The maximum absolute atomic E-state index is 10.7. The van der Waals surface area contributed by atoms with Gasteiger partial charge in [-0.25, -0.2) is 13.6 Å². The van der Waals surface area contributed by atoms with E-state index in [1.54, 1.807) is 0 Å². The highest BCUT2D eigenvalue weighted by molar-refractivity contribution is 7.89. The Balaban J connectivity index is 2.94. The second kappa shape index (κ2) is 3.19. The minimum atomic E-state index is -3.73. The zero-order valence-electron chi connectivity index (χ0n) is 6.54. The third-order valence-electron chi connectivity index (χ3n) is 1.37. The van der Waals surface area contributed by atoms with Gasteiger partial charge in [0, 0.05) is 12.4 Å². The number of sulfonamides is 1. The van der Waals surface area contributed by atoms with Gasteiger partial charge in [-0.15, -0.1) is 0 Å². The molecule has 3 N–H and O–H groups in total. The minimum absolute atomic E-state index is 0.0891.